The Hall–Kier alpha value is -2.69. The van der Waals surface area contributed by atoms with E-state index < -0.39 is 0 Å². The molecule has 1 N–H and O–H groups in total. The second-order valence-electron chi connectivity index (χ2n) is 5.21. The largest absolute Gasteiger partial charge is 0.372 e. The lowest BCUT2D eigenvalue weighted by atomic mass is 10.1. The summed E-state index contributed by atoms with van der Waals surface area (Å²) < 4.78 is 1.46. The van der Waals surface area contributed by atoms with Crippen LogP contribution in [0, 0.1) is 0 Å². The Morgan fingerprint density at radius 3 is 2.59 bits per heavy atom. The lowest BCUT2D eigenvalue weighted by Crippen LogP contribution is -2.18. The zero-order chi connectivity index (χ0) is 15.7. The Balaban J connectivity index is 2.23. The SMILES string of the molecule is CCc1ccc(-c2cc3ncn(C)c(=O)c3c(NC)n2)cc1. The lowest BCUT2D eigenvalue weighted by molar-refractivity contribution is 0.842. The highest BCUT2D eigenvalue weighted by Gasteiger charge is 2.12. The molecule has 3 rings (SSSR count). The summed E-state index contributed by atoms with van der Waals surface area (Å²) in [5, 5.41) is 3.52. The molecule has 2 heterocycles. The van der Waals surface area contributed by atoms with Crippen molar-refractivity contribution in [1.82, 2.24) is 14.5 Å². The van der Waals surface area contributed by atoms with E-state index in [-0.39, 0.29) is 5.56 Å². The van der Waals surface area contributed by atoms with E-state index in [1.807, 2.05) is 18.2 Å². The van der Waals surface area contributed by atoms with Gasteiger partial charge in [-0.2, -0.15) is 0 Å². The second-order valence-corrected chi connectivity index (χ2v) is 5.21. The van der Waals surface area contributed by atoms with Crippen molar-refractivity contribution in [2.24, 2.45) is 7.05 Å². The van der Waals surface area contributed by atoms with E-state index in [4.69, 9.17) is 0 Å². The van der Waals surface area contributed by atoms with Crippen molar-refractivity contribution in [2.75, 3.05) is 12.4 Å². The van der Waals surface area contributed by atoms with Crippen LogP contribution in [0.15, 0.2) is 41.5 Å². The van der Waals surface area contributed by atoms with Gasteiger partial charge in [-0.25, -0.2) is 9.97 Å². The summed E-state index contributed by atoms with van der Waals surface area (Å²) in [6.07, 6.45) is 2.54. The van der Waals surface area contributed by atoms with Gasteiger partial charge in [-0.1, -0.05) is 31.2 Å². The molecule has 0 fully saturated rings. The molecule has 22 heavy (non-hydrogen) atoms. The molecule has 0 radical (unpaired) electrons. The molecular weight excluding hydrogens is 276 g/mol. The van der Waals surface area contributed by atoms with Gasteiger partial charge < -0.3 is 9.88 Å². The monoisotopic (exact) mass is 294 g/mol. The van der Waals surface area contributed by atoms with Gasteiger partial charge >= 0.3 is 0 Å². The number of anilines is 1. The van der Waals surface area contributed by atoms with Gasteiger partial charge in [-0.3, -0.25) is 4.79 Å². The molecule has 0 aliphatic carbocycles. The first kappa shape index (κ1) is 14.3. The van der Waals surface area contributed by atoms with E-state index in [1.54, 1.807) is 14.1 Å². The number of aryl methyl sites for hydroxylation is 2. The minimum atomic E-state index is -0.102. The average molecular weight is 294 g/mol. The normalized spacial score (nSPS) is 10.9. The van der Waals surface area contributed by atoms with Crippen molar-refractivity contribution >= 4 is 16.7 Å². The molecule has 0 aliphatic heterocycles. The van der Waals surface area contributed by atoms with Crippen molar-refractivity contribution in [3.05, 3.63) is 52.6 Å². The predicted octanol–water partition coefficient (Wildman–Crippen LogP) is 2.60. The first-order valence-corrected chi connectivity index (χ1v) is 7.27. The van der Waals surface area contributed by atoms with Crippen LogP contribution < -0.4 is 10.9 Å². The fourth-order valence-electron chi connectivity index (χ4n) is 2.46. The number of nitrogens with zero attached hydrogens (tertiary/aromatic N) is 3. The van der Waals surface area contributed by atoms with Crippen LogP contribution in [0.3, 0.4) is 0 Å². The maximum atomic E-state index is 12.3. The van der Waals surface area contributed by atoms with Crippen molar-refractivity contribution in [2.45, 2.75) is 13.3 Å². The Bertz CT molecular complexity index is 882. The van der Waals surface area contributed by atoms with Gasteiger partial charge in [0.1, 0.15) is 11.2 Å². The third-order valence-electron chi connectivity index (χ3n) is 3.80. The van der Waals surface area contributed by atoms with E-state index in [0.29, 0.717) is 16.7 Å². The van der Waals surface area contributed by atoms with Crippen molar-refractivity contribution in [3.8, 4) is 11.3 Å². The minimum absolute atomic E-state index is 0.102. The molecule has 0 aliphatic rings. The summed E-state index contributed by atoms with van der Waals surface area (Å²) >= 11 is 0. The number of fused-ring (bicyclic) bond motifs is 1. The molecule has 0 spiro atoms. The molecular formula is C17H18N4O. The van der Waals surface area contributed by atoms with E-state index in [9.17, 15) is 4.79 Å². The van der Waals surface area contributed by atoms with Crippen LogP contribution in [0.4, 0.5) is 5.82 Å². The molecule has 112 valence electrons. The fraction of sp³-hybridized carbons (Fsp3) is 0.235. The van der Waals surface area contributed by atoms with Gasteiger partial charge in [-0.05, 0) is 18.1 Å². The molecule has 3 aromatic rings. The predicted molar refractivity (Wildman–Crippen MR) is 89.1 cm³/mol. The topological polar surface area (TPSA) is 59.8 Å². The van der Waals surface area contributed by atoms with Gasteiger partial charge in [0.2, 0.25) is 0 Å². The summed E-state index contributed by atoms with van der Waals surface area (Å²) in [5.41, 5.74) is 3.65. The van der Waals surface area contributed by atoms with Crippen LogP contribution >= 0.6 is 0 Å². The Morgan fingerprint density at radius 2 is 1.95 bits per heavy atom. The Labute approximate surface area is 128 Å². The van der Waals surface area contributed by atoms with Gasteiger partial charge in [0.25, 0.3) is 5.56 Å². The number of nitrogens with one attached hydrogen (secondary N) is 1. The van der Waals surface area contributed by atoms with Gasteiger partial charge in [-0.15, -0.1) is 0 Å². The maximum Gasteiger partial charge on any atom is 0.264 e. The lowest BCUT2D eigenvalue weighted by Gasteiger charge is -2.09. The zero-order valence-electron chi connectivity index (χ0n) is 12.9. The molecule has 2 aromatic heterocycles. The third-order valence-corrected chi connectivity index (χ3v) is 3.80. The fourth-order valence-corrected chi connectivity index (χ4v) is 2.46. The first-order chi connectivity index (χ1) is 10.6. The molecule has 0 amide bonds. The van der Waals surface area contributed by atoms with E-state index in [1.165, 1.54) is 16.5 Å². The molecule has 5 heteroatoms. The third kappa shape index (κ3) is 2.35. The second kappa shape index (κ2) is 5.60. The van der Waals surface area contributed by atoms with Gasteiger partial charge in [0.05, 0.1) is 17.5 Å². The van der Waals surface area contributed by atoms with Crippen LogP contribution in [0.1, 0.15) is 12.5 Å². The van der Waals surface area contributed by atoms with Crippen LogP contribution in [0.25, 0.3) is 22.2 Å². The number of rotatable bonds is 3. The van der Waals surface area contributed by atoms with Gasteiger partial charge in [0, 0.05) is 19.7 Å². The van der Waals surface area contributed by atoms with E-state index in [0.717, 1.165) is 17.7 Å². The summed E-state index contributed by atoms with van der Waals surface area (Å²) in [6, 6.07) is 10.1. The highest BCUT2D eigenvalue weighted by molar-refractivity contribution is 5.91. The van der Waals surface area contributed by atoms with Crippen molar-refractivity contribution in [1.29, 1.82) is 0 Å². The molecule has 0 atom stereocenters. The maximum absolute atomic E-state index is 12.3. The van der Waals surface area contributed by atoms with E-state index >= 15 is 0 Å². The smallest absolute Gasteiger partial charge is 0.264 e. The molecule has 1 aromatic carbocycles. The molecule has 0 bridgehead atoms. The molecule has 0 saturated carbocycles. The molecule has 0 saturated heterocycles. The van der Waals surface area contributed by atoms with Crippen molar-refractivity contribution < 1.29 is 0 Å². The number of benzene rings is 1. The zero-order valence-corrected chi connectivity index (χ0v) is 12.9. The quantitative estimate of drug-likeness (QED) is 0.806. The van der Waals surface area contributed by atoms with Crippen LogP contribution in [0.5, 0.6) is 0 Å². The number of hydrogen-bond donors (Lipinski definition) is 1. The summed E-state index contributed by atoms with van der Waals surface area (Å²) in [7, 11) is 3.45. The number of hydrogen-bond acceptors (Lipinski definition) is 4. The summed E-state index contributed by atoms with van der Waals surface area (Å²) in [5.74, 6) is 0.556. The Morgan fingerprint density at radius 1 is 1.23 bits per heavy atom. The molecule has 0 unspecified atom stereocenters. The summed E-state index contributed by atoms with van der Waals surface area (Å²) in [4.78, 5) is 21.2. The average Bonchev–Trinajstić information content (AvgIpc) is 2.57. The van der Waals surface area contributed by atoms with E-state index in [2.05, 4.69) is 34.3 Å². The van der Waals surface area contributed by atoms with Gasteiger partial charge in [0.15, 0.2) is 0 Å². The number of aromatic nitrogens is 3. The van der Waals surface area contributed by atoms with Crippen LogP contribution in [-0.4, -0.2) is 21.6 Å². The summed E-state index contributed by atoms with van der Waals surface area (Å²) in [6.45, 7) is 2.13. The first-order valence-electron chi connectivity index (χ1n) is 7.27. The minimum Gasteiger partial charge on any atom is -0.372 e. The molecule has 5 nitrogen and oxygen atoms in total. The van der Waals surface area contributed by atoms with Crippen molar-refractivity contribution in [3.63, 3.8) is 0 Å². The highest BCUT2D eigenvalue weighted by Crippen LogP contribution is 2.24. The Kier molecular flexibility index (Phi) is 3.63. The van der Waals surface area contributed by atoms with Crippen LogP contribution in [0.2, 0.25) is 0 Å². The number of pyridine rings is 1. The standard InChI is InChI=1S/C17H18N4O/c1-4-11-5-7-12(8-6-11)13-9-14-15(16(18-2)20-13)17(22)21(3)10-19-14/h5-10H,4H2,1-3H3,(H,18,20). The highest BCUT2D eigenvalue weighted by atomic mass is 16.1. The van der Waals surface area contributed by atoms with Crippen LogP contribution in [-0.2, 0) is 13.5 Å².